The lowest BCUT2D eigenvalue weighted by Gasteiger charge is -2.08. The van der Waals surface area contributed by atoms with Gasteiger partial charge in [0.05, 0.1) is 11.8 Å². The number of anilines is 1. The molecular weight excluding hydrogens is 299 g/mol. The molecule has 7 heteroatoms. The molecule has 0 amide bonds. The molecule has 3 rings (SSSR count). The second-order valence-electron chi connectivity index (χ2n) is 5.06. The fraction of sp³-hybridized carbons (Fsp3) is 0.0625. The number of carboxylic acids is 1. The summed E-state index contributed by atoms with van der Waals surface area (Å²) in [5.41, 5.74) is 8.12. The highest BCUT2D eigenvalue weighted by Crippen LogP contribution is 2.30. The van der Waals surface area contributed by atoms with Gasteiger partial charge in [-0.05, 0) is 23.8 Å². The Kier molecular flexibility index (Phi) is 3.53. The van der Waals surface area contributed by atoms with Gasteiger partial charge in [0.25, 0.3) is 0 Å². The topological polar surface area (TPSA) is 94.0 Å². The van der Waals surface area contributed by atoms with Crippen LogP contribution >= 0.6 is 0 Å². The van der Waals surface area contributed by atoms with Gasteiger partial charge in [0.2, 0.25) is 0 Å². The smallest absolute Gasteiger partial charge is 0.338 e. The summed E-state index contributed by atoms with van der Waals surface area (Å²) in [6.07, 6.45) is 5.12. The first-order valence-electron chi connectivity index (χ1n) is 6.73. The van der Waals surface area contributed by atoms with Crippen LogP contribution in [-0.2, 0) is 7.05 Å². The van der Waals surface area contributed by atoms with Crippen molar-refractivity contribution < 1.29 is 14.3 Å². The van der Waals surface area contributed by atoms with Gasteiger partial charge in [-0.2, -0.15) is 5.10 Å². The number of nitrogen functional groups attached to an aromatic ring is 1. The highest BCUT2D eigenvalue weighted by Gasteiger charge is 2.14. The fourth-order valence-corrected chi connectivity index (χ4v) is 2.29. The fourth-order valence-electron chi connectivity index (χ4n) is 2.29. The maximum atomic E-state index is 13.9. The van der Waals surface area contributed by atoms with Crippen LogP contribution in [0, 0.1) is 5.82 Å². The van der Waals surface area contributed by atoms with Crippen molar-refractivity contribution in [3.05, 3.63) is 54.2 Å². The first-order chi connectivity index (χ1) is 11.0. The minimum atomic E-state index is -1.32. The van der Waals surface area contributed by atoms with E-state index in [1.54, 1.807) is 30.2 Å². The molecule has 0 unspecified atom stereocenters. The molecule has 0 fully saturated rings. The number of aryl methyl sites for hydroxylation is 1. The second-order valence-corrected chi connectivity index (χ2v) is 5.06. The highest BCUT2D eigenvalue weighted by atomic mass is 19.1. The molecule has 0 saturated heterocycles. The number of aromatic nitrogens is 3. The first kappa shape index (κ1) is 14.7. The SMILES string of the molecule is Cn1cc(-c2cnc(N)c(-c3ccc(C(=O)O)c(F)c3)c2)cn1. The second kappa shape index (κ2) is 5.53. The van der Waals surface area contributed by atoms with Crippen molar-refractivity contribution in [3.63, 3.8) is 0 Å². The predicted molar refractivity (Wildman–Crippen MR) is 83.2 cm³/mol. The Hall–Kier alpha value is -3.22. The van der Waals surface area contributed by atoms with Crippen LogP contribution in [0.1, 0.15) is 10.4 Å². The predicted octanol–water partition coefficient (Wildman–Crippen LogP) is 2.57. The van der Waals surface area contributed by atoms with Gasteiger partial charge in [-0.1, -0.05) is 6.07 Å². The molecule has 0 aliphatic carbocycles. The number of carbonyl (C=O) groups is 1. The Morgan fingerprint density at radius 3 is 2.61 bits per heavy atom. The van der Waals surface area contributed by atoms with E-state index in [0.29, 0.717) is 11.1 Å². The van der Waals surface area contributed by atoms with Crippen molar-refractivity contribution in [1.82, 2.24) is 14.8 Å². The quantitative estimate of drug-likeness (QED) is 0.775. The van der Waals surface area contributed by atoms with Gasteiger partial charge < -0.3 is 10.8 Å². The minimum Gasteiger partial charge on any atom is -0.478 e. The van der Waals surface area contributed by atoms with Gasteiger partial charge in [0, 0.05) is 36.1 Å². The van der Waals surface area contributed by atoms with E-state index >= 15 is 0 Å². The van der Waals surface area contributed by atoms with E-state index in [4.69, 9.17) is 10.8 Å². The third-order valence-corrected chi connectivity index (χ3v) is 3.47. The molecule has 23 heavy (non-hydrogen) atoms. The van der Waals surface area contributed by atoms with Crippen LogP contribution in [0.5, 0.6) is 0 Å². The number of carboxylic acid groups (broad SMARTS) is 1. The minimum absolute atomic E-state index is 0.236. The lowest BCUT2D eigenvalue weighted by Crippen LogP contribution is -2.01. The van der Waals surface area contributed by atoms with Crippen molar-refractivity contribution in [2.24, 2.45) is 7.05 Å². The van der Waals surface area contributed by atoms with E-state index in [2.05, 4.69) is 10.1 Å². The zero-order chi connectivity index (χ0) is 16.6. The summed E-state index contributed by atoms with van der Waals surface area (Å²) in [6, 6.07) is 5.63. The Balaban J connectivity index is 2.09. The summed E-state index contributed by atoms with van der Waals surface area (Å²) >= 11 is 0. The summed E-state index contributed by atoms with van der Waals surface area (Å²) in [6.45, 7) is 0. The molecule has 116 valence electrons. The zero-order valence-corrected chi connectivity index (χ0v) is 12.2. The summed E-state index contributed by atoms with van der Waals surface area (Å²) in [7, 11) is 1.80. The number of aromatic carboxylic acids is 1. The van der Waals surface area contributed by atoms with Gasteiger partial charge >= 0.3 is 5.97 Å². The standard InChI is InChI=1S/C16H13FN4O2/c1-21-8-11(7-20-21)10-4-13(15(18)19-6-10)9-2-3-12(16(22)23)14(17)5-9/h2-8H,1H3,(H2,18,19)(H,22,23). The lowest BCUT2D eigenvalue weighted by atomic mass is 10.0. The molecule has 0 radical (unpaired) electrons. The molecule has 0 aliphatic heterocycles. The molecule has 1 aromatic carbocycles. The van der Waals surface area contributed by atoms with Crippen molar-refractivity contribution in [3.8, 4) is 22.3 Å². The van der Waals surface area contributed by atoms with Crippen LogP contribution in [-0.4, -0.2) is 25.8 Å². The van der Waals surface area contributed by atoms with Crippen molar-refractivity contribution >= 4 is 11.8 Å². The van der Waals surface area contributed by atoms with Gasteiger partial charge in [-0.25, -0.2) is 14.2 Å². The van der Waals surface area contributed by atoms with Crippen LogP contribution in [0.3, 0.4) is 0 Å². The first-order valence-corrected chi connectivity index (χ1v) is 6.73. The molecule has 0 aliphatic rings. The summed E-state index contributed by atoms with van der Waals surface area (Å²) in [5.74, 6) is -1.90. The molecule has 6 nitrogen and oxygen atoms in total. The number of nitrogens with two attached hydrogens (primary N) is 1. The number of pyridine rings is 1. The van der Waals surface area contributed by atoms with Crippen LogP contribution in [0.4, 0.5) is 10.2 Å². The van der Waals surface area contributed by atoms with Crippen LogP contribution in [0.25, 0.3) is 22.3 Å². The Labute approximate surface area is 131 Å². The average molecular weight is 312 g/mol. The van der Waals surface area contributed by atoms with E-state index in [-0.39, 0.29) is 11.4 Å². The number of benzene rings is 1. The van der Waals surface area contributed by atoms with Crippen LogP contribution in [0.15, 0.2) is 42.9 Å². The monoisotopic (exact) mass is 312 g/mol. The molecule has 0 spiro atoms. The highest BCUT2D eigenvalue weighted by molar-refractivity contribution is 5.89. The molecule has 0 atom stereocenters. The lowest BCUT2D eigenvalue weighted by molar-refractivity contribution is 0.0692. The molecule has 0 saturated carbocycles. The summed E-state index contributed by atoms with van der Waals surface area (Å²) in [4.78, 5) is 15.0. The number of hydrogen-bond donors (Lipinski definition) is 2. The van der Waals surface area contributed by atoms with E-state index in [9.17, 15) is 9.18 Å². The van der Waals surface area contributed by atoms with E-state index in [1.165, 1.54) is 12.1 Å². The normalized spacial score (nSPS) is 10.7. The third-order valence-electron chi connectivity index (χ3n) is 3.47. The van der Waals surface area contributed by atoms with E-state index < -0.39 is 11.8 Å². The molecule has 2 heterocycles. The molecular formula is C16H13FN4O2. The largest absolute Gasteiger partial charge is 0.478 e. The van der Waals surface area contributed by atoms with Crippen molar-refractivity contribution in [2.75, 3.05) is 5.73 Å². The zero-order valence-electron chi connectivity index (χ0n) is 12.2. The number of rotatable bonds is 3. The van der Waals surface area contributed by atoms with E-state index in [0.717, 1.165) is 17.2 Å². The number of hydrogen-bond acceptors (Lipinski definition) is 4. The maximum Gasteiger partial charge on any atom is 0.338 e. The van der Waals surface area contributed by atoms with Gasteiger partial charge in [0.1, 0.15) is 11.6 Å². The van der Waals surface area contributed by atoms with Crippen molar-refractivity contribution in [2.45, 2.75) is 0 Å². The Morgan fingerprint density at radius 2 is 2.00 bits per heavy atom. The van der Waals surface area contributed by atoms with Crippen LogP contribution in [0.2, 0.25) is 0 Å². The molecule has 2 aromatic heterocycles. The molecule has 3 aromatic rings. The number of nitrogens with zero attached hydrogens (tertiary/aromatic N) is 3. The maximum absolute atomic E-state index is 13.9. The average Bonchev–Trinajstić information content (AvgIpc) is 2.94. The molecule has 3 N–H and O–H groups in total. The third kappa shape index (κ3) is 2.76. The summed E-state index contributed by atoms with van der Waals surface area (Å²) < 4.78 is 15.5. The molecule has 0 bridgehead atoms. The summed E-state index contributed by atoms with van der Waals surface area (Å²) in [5, 5.41) is 13.0. The Bertz CT molecular complexity index is 905. The number of halogens is 1. The van der Waals surface area contributed by atoms with Crippen molar-refractivity contribution in [1.29, 1.82) is 0 Å². The van der Waals surface area contributed by atoms with Gasteiger partial charge in [-0.15, -0.1) is 0 Å². The van der Waals surface area contributed by atoms with Gasteiger partial charge in [0.15, 0.2) is 0 Å². The van der Waals surface area contributed by atoms with Crippen LogP contribution < -0.4 is 5.73 Å². The Morgan fingerprint density at radius 1 is 1.22 bits per heavy atom. The van der Waals surface area contributed by atoms with E-state index in [1.807, 2.05) is 6.20 Å². The van der Waals surface area contributed by atoms with Gasteiger partial charge in [-0.3, -0.25) is 4.68 Å².